The van der Waals surface area contributed by atoms with Gasteiger partial charge in [-0.25, -0.2) is 4.79 Å². The van der Waals surface area contributed by atoms with Gasteiger partial charge < -0.3 is 10.4 Å². The summed E-state index contributed by atoms with van der Waals surface area (Å²) in [6.45, 7) is 3.65. The lowest BCUT2D eigenvalue weighted by Crippen LogP contribution is -2.34. The van der Waals surface area contributed by atoms with Crippen molar-refractivity contribution in [3.8, 4) is 0 Å². The van der Waals surface area contributed by atoms with E-state index in [0.29, 0.717) is 15.7 Å². The number of benzene rings is 1. The molecule has 0 saturated carbocycles. The van der Waals surface area contributed by atoms with Crippen LogP contribution in [0.2, 0.25) is 10.0 Å². The second-order valence-electron chi connectivity index (χ2n) is 3.83. The Morgan fingerprint density at radius 3 is 2.50 bits per heavy atom. The lowest BCUT2D eigenvalue weighted by atomic mass is 10.0. The zero-order chi connectivity index (χ0) is 12.3. The maximum Gasteiger partial charge on any atom is 0.326 e. The molecule has 0 spiro atoms. The van der Waals surface area contributed by atoms with Crippen LogP contribution in [0.1, 0.15) is 13.8 Å². The molecule has 88 valence electrons. The van der Waals surface area contributed by atoms with E-state index in [2.05, 4.69) is 5.32 Å². The standard InChI is InChI=1S/C11H13Cl2NO2/c1-6(2)10(11(15)16)14-9-5-7(12)3-4-8(9)13/h3-6,10,14H,1-2H3,(H,15,16). The SMILES string of the molecule is CC(C)C(Nc1cc(Cl)ccc1Cl)C(=O)O. The Morgan fingerprint density at radius 2 is 2.00 bits per heavy atom. The van der Waals surface area contributed by atoms with Crippen LogP contribution in [0.4, 0.5) is 5.69 Å². The fourth-order valence-electron chi connectivity index (χ4n) is 1.29. The predicted molar refractivity (Wildman–Crippen MR) is 66.3 cm³/mol. The van der Waals surface area contributed by atoms with E-state index in [0.717, 1.165) is 0 Å². The van der Waals surface area contributed by atoms with Crippen molar-refractivity contribution in [1.82, 2.24) is 0 Å². The van der Waals surface area contributed by atoms with Crippen LogP contribution < -0.4 is 5.32 Å². The van der Waals surface area contributed by atoms with Crippen molar-refractivity contribution in [1.29, 1.82) is 0 Å². The van der Waals surface area contributed by atoms with Crippen LogP contribution in [-0.2, 0) is 4.79 Å². The van der Waals surface area contributed by atoms with Crippen molar-refractivity contribution in [3.05, 3.63) is 28.2 Å². The van der Waals surface area contributed by atoms with Crippen molar-refractivity contribution in [3.63, 3.8) is 0 Å². The number of halogens is 2. The first-order chi connectivity index (χ1) is 7.41. The molecule has 1 atom stereocenters. The highest BCUT2D eigenvalue weighted by atomic mass is 35.5. The van der Waals surface area contributed by atoms with Gasteiger partial charge in [-0.3, -0.25) is 0 Å². The lowest BCUT2D eigenvalue weighted by Gasteiger charge is -2.20. The Bertz CT molecular complexity index is 394. The third kappa shape index (κ3) is 3.29. The number of hydrogen-bond acceptors (Lipinski definition) is 2. The summed E-state index contributed by atoms with van der Waals surface area (Å²) >= 11 is 11.7. The Balaban J connectivity index is 2.93. The fourth-order valence-corrected chi connectivity index (χ4v) is 1.63. The van der Waals surface area contributed by atoms with Crippen LogP contribution in [0.15, 0.2) is 18.2 Å². The molecule has 0 aromatic heterocycles. The van der Waals surface area contributed by atoms with E-state index in [-0.39, 0.29) is 5.92 Å². The summed E-state index contributed by atoms with van der Waals surface area (Å²) in [5, 5.41) is 12.9. The normalized spacial score (nSPS) is 12.6. The van der Waals surface area contributed by atoms with E-state index < -0.39 is 12.0 Å². The van der Waals surface area contributed by atoms with Gasteiger partial charge in [-0.2, -0.15) is 0 Å². The maximum atomic E-state index is 11.0. The zero-order valence-corrected chi connectivity index (χ0v) is 10.5. The highest BCUT2D eigenvalue weighted by molar-refractivity contribution is 6.35. The van der Waals surface area contributed by atoms with E-state index >= 15 is 0 Å². The molecule has 0 saturated heterocycles. The zero-order valence-electron chi connectivity index (χ0n) is 9.00. The lowest BCUT2D eigenvalue weighted by molar-refractivity contribution is -0.138. The van der Waals surface area contributed by atoms with Crippen molar-refractivity contribution >= 4 is 34.9 Å². The van der Waals surface area contributed by atoms with Crippen LogP contribution in [0.5, 0.6) is 0 Å². The predicted octanol–water partition coefficient (Wildman–Crippen LogP) is 3.51. The molecule has 2 N–H and O–H groups in total. The number of rotatable bonds is 4. The van der Waals surface area contributed by atoms with Gasteiger partial charge in [-0.15, -0.1) is 0 Å². The molecule has 0 heterocycles. The number of hydrogen-bond donors (Lipinski definition) is 2. The molecule has 1 unspecified atom stereocenters. The first-order valence-corrected chi connectivity index (χ1v) is 5.62. The summed E-state index contributed by atoms with van der Waals surface area (Å²) in [4.78, 5) is 11.0. The van der Waals surface area contributed by atoms with Gasteiger partial charge in [0.05, 0.1) is 10.7 Å². The molecule has 0 fully saturated rings. The molecule has 0 aliphatic heterocycles. The van der Waals surface area contributed by atoms with Crippen LogP contribution in [-0.4, -0.2) is 17.1 Å². The molecule has 0 amide bonds. The summed E-state index contributed by atoms with van der Waals surface area (Å²) < 4.78 is 0. The van der Waals surface area contributed by atoms with Crippen molar-refractivity contribution in [2.24, 2.45) is 5.92 Å². The second kappa shape index (κ2) is 5.41. The summed E-state index contributed by atoms with van der Waals surface area (Å²) in [5.41, 5.74) is 0.537. The molecule has 0 aliphatic rings. The molecule has 0 bridgehead atoms. The van der Waals surface area contributed by atoms with E-state index in [1.165, 1.54) is 0 Å². The molecular formula is C11H13Cl2NO2. The van der Waals surface area contributed by atoms with Gasteiger partial charge in [0.2, 0.25) is 0 Å². The largest absolute Gasteiger partial charge is 0.480 e. The average molecular weight is 262 g/mol. The Kier molecular flexibility index (Phi) is 4.44. The van der Waals surface area contributed by atoms with Crippen LogP contribution in [0.25, 0.3) is 0 Å². The smallest absolute Gasteiger partial charge is 0.326 e. The van der Waals surface area contributed by atoms with Gasteiger partial charge in [0.25, 0.3) is 0 Å². The minimum atomic E-state index is -0.911. The molecule has 5 heteroatoms. The number of carboxylic acids is 1. The Hall–Kier alpha value is -0.930. The first kappa shape index (κ1) is 13.1. The number of nitrogens with one attached hydrogen (secondary N) is 1. The summed E-state index contributed by atoms with van der Waals surface area (Å²) in [6.07, 6.45) is 0. The molecule has 1 aromatic rings. The molecule has 0 radical (unpaired) electrons. The third-order valence-electron chi connectivity index (χ3n) is 2.17. The van der Waals surface area contributed by atoms with E-state index in [4.69, 9.17) is 28.3 Å². The molecule has 1 rings (SSSR count). The van der Waals surface area contributed by atoms with E-state index in [1.54, 1.807) is 18.2 Å². The first-order valence-electron chi connectivity index (χ1n) is 4.86. The number of anilines is 1. The average Bonchev–Trinajstić information content (AvgIpc) is 2.18. The van der Waals surface area contributed by atoms with Gasteiger partial charge >= 0.3 is 5.97 Å². The van der Waals surface area contributed by atoms with Gasteiger partial charge in [0, 0.05) is 5.02 Å². The van der Waals surface area contributed by atoms with Crippen LogP contribution >= 0.6 is 23.2 Å². The molecule has 3 nitrogen and oxygen atoms in total. The Labute approximate surface area is 104 Å². The third-order valence-corrected chi connectivity index (χ3v) is 2.74. The van der Waals surface area contributed by atoms with Crippen molar-refractivity contribution in [2.45, 2.75) is 19.9 Å². The maximum absolute atomic E-state index is 11.0. The van der Waals surface area contributed by atoms with Gasteiger partial charge in [0.1, 0.15) is 6.04 Å². The number of carbonyl (C=O) groups is 1. The summed E-state index contributed by atoms with van der Waals surface area (Å²) in [6, 6.07) is 4.21. The van der Waals surface area contributed by atoms with Crippen LogP contribution in [0.3, 0.4) is 0 Å². The summed E-state index contributed by atoms with van der Waals surface area (Å²) in [5.74, 6) is -0.960. The topological polar surface area (TPSA) is 49.3 Å². The minimum absolute atomic E-state index is 0.0486. The molecule has 1 aromatic carbocycles. The number of aliphatic carboxylic acids is 1. The van der Waals surface area contributed by atoms with Crippen LogP contribution in [0, 0.1) is 5.92 Å². The van der Waals surface area contributed by atoms with Crippen molar-refractivity contribution in [2.75, 3.05) is 5.32 Å². The fraction of sp³-hybridized carbons (Fsp3) is 0.364. The molecule has 16 heavy (non-hydrogen) atoms. The van der Waals surface area contributed by atoms with E-state index in [9.17, 15) is 4.79 Å². The second-order valence-corrected chi connectivity index (χ2v) is 4.67. The van der Waals surface area contributed by atoms with Gasteiger partial charge in [-0.05, 0) is 24.1 Å². The monoisotopic (exact) mass is 261 g/mol. The highest BCUT2D eigenvalue weighted by Gasteiger charge is 2.21. The van der Waals surface area contributed by atoms with Gasteiger partial charge in [-0.1, -0.05) is 37.0 Å². The molecular weight excluding hydrogens is 249 g/mol. The highest BCUT2D eigenvalue weighted by Crippen LogP contribution is 2.26. The molecule has 0 aliphatic carbocycles. The minimum Gasteiger partial charge on any atom is -0.480 e. The van der Waals surface area contributed by atoms with Crippen molar-refractivity contribution < 1.29 is 9.90 Å². The number of carboxylic acid groups (broad SMARTS) is 1. The Morgan fingerprint density at radius 1 is 1.38 bits per heavy atom. The van der Waals surface area contributed by atoms with E-state index in [1.807, 2.05) is 13.8 Å². The summed E-state index contributed by atoms with van der Waals surface area (Å²) in [7, 11) is 0. The quantitative estimate of drug-likeness (QED) is 0.872. The van der Waals surface area contributed by atoms with Gasteiger partial charge in [0.15, 0.2) is 0 Å².